The molecular formula is C15H21FN2O. The Morgan fingerprint density at radius 3 is 3.05 bits per heavy atom. The Hall–Kier alpha value is -1.42. The third kappa shape index (κ3) is 3.53. The molecule has 104 valence electrons. The zero-order chi connectivity index (χ0) is 13.9. The van der Waals surface area contributed by atoms with Crippen LogP contribution in [0.4, 0.5) is 4.39 Å². The molecule has 3 nitrogen and oxygen atoms in total. The third-order valence-corrected chi connectivity index (χ3v) is 3.83. The van der Waals surface area contributed by atoms with Gasteiger partial charge in [-0.3, -0.25) is 4.79 Å². The Morgan fingerprint density at radius 1 is 1.58 bits per heavy atom. The van der Waals surface area contributed by atoms with E-state index < -0.39 is 5.54 Å². The topological polar surface area (TPSA) is 55.1 Å². The monoisotopic (exact) mass is 264 g/mol. The molecule has 0 saturated heterocycles. The summed E-state index contributed by atoms with van der Waals surface area (Å²) in [5.41, 5.74) is 6.19. The molecule has 0 bridgehead atoms. The summed E-state index contributed by atoms with van der Waals surface area (Å²) in [6, 6.07) is 6.24. The van der Waals surface area contributed by atoms with Gasteiger partial charge >= 0.3 is 0 Å². The van der Waals surface area contributed by atoms with E-state index in [9.17, 15) is 9.18 Å². The summed E-state index contributed by atoms with van der Waals surface area (Å²) in [5.74, 6) is 0.0717. The van der Waals surface area contributed by atoms with Gasteiger partial charge in [-0.1, -0.05) is 31.9 Å². The van der Waals surface area contributed by atoms with Crippen LogP contribution in [0.1, 0.15) is 38.2 Å². The molecule has 1 aliphatic rings. The van der Waals surface area contributed by atoms with Gasteiger partial charge in [0, 0.05) is 6.54 Å². The van der Waals surface area contributed by atoms with Gasteiger partial charge in [0.25, 0.3) is 0 Å². The van der Waals surface area contributed by atoms with E-state index in [1.807, 2.05) is 0 Å². The Labute approximate surface area is 113 Å². The zero-order valence-corrected chi connectivity index (χ0v) is 11.3. The number of carbonyl (C=O) groups excluding carboxylic acids is 1. The number of hydrogen-bond donors (Lipinski definition) is 2. The second-order valence-electron chi connectivity index (χ2n) is 5.67. The van der Waals surface area contributed by atoms with Crippen LogP contribution in [0.5, 0.6) is 0 Å². The Balaban J connectivity index is 1.94. The first-order valence-electron chi connectivity index (χ1n) is 6.81. The highest BCUT2D eigenvalue weighted by atomic mass is 19.1. The lowest BCUT2D eigenvalue weighted by Gasteiger charge is -2.35. The van der Waals surface area contributed by atoms with Gasteiger partial charge in [-0.25, -0.2) is 4.39 Å². The second kappa shape index (κ2) is 5.70. The molecule has 0 heterocycles. The maximum atomic E-state index is 13.0. The number of halogens is 1. The fraction of sp³-hybridized carbons (Fsp3) is 0.533. The molecule has 1 aromatic rings. The van der Waals surface area contributed by atoms with E-state index >= 15 is 0 Å². The average Bonchev–Trinajstić information content (AvgIpc) is 2.35. The molecule has 2 rings (SSSR count). The first kappa shape index (κ1) is 14.0. The Bertz CT molecular complexity index is 463. The normalized spacial score (nSPS) is 27.0. The van der Waals surface area contributed by atoms with Crippen LogP contribution >= 0.6 is 0 Å². The molecule has 1 fully saturated rings. The van der Waals surface area contributed by atoms with Crippen LogP contribution in [0.25, 0.3) is 0 Å². The van der Waals surface area contributed by atoms with Gasteiger partial charge in [0.05, 0.1) is 5.54 Å². The van der Waals surface area contributed by atoms with Crippen LogP contribution in [-0.4, -0.2) is 11.4 Å². The van der Waals surface area contributed by atoms with Crippen molar-refractivity contribution in [2.75, 3.05) is 0 Å². The minimum absolute atomic E-state index is 0.122. The molecule has 1 amide bonds. The van der Waals surface area contributed by atoms with Gasteiger partial charge in [-0.2, -0.15) is 0 Å². The molecule has 2 atom stereocenters. The van der Waals surface area contributed by atoms with Crippen LogP contribution in [0.15, 0.2) is 24.3 Å². The van der Waals surface area contributed by atoms with Crippen LogP contribution in [0.3, 0.4) is 0 Å². The summed E-state index contributed by atoms with van der Waals surface area (Å²) in [6.45, 7) is 2.45. The smallest absolute Gasteiger partial charge is 0.240 e. The first-order chi connectivity index (χ1) is 8.99. The number of hydrogen-bond acceptors (Lipinski definition) is 2. The third-order valence-electron chi connectivity index (χ3n) is 3.83. The van der Waals surface area contributed by atoms with Gasteiger partial charge in [0.1, 0.15) is 5.82 Å². The number of amides is 1. The van der Waals surface area contributed by atoms with Crippen molar-refractivity contribution in [3.8, 4) is 0 Å². The quantitative estimate of drug-likeness (QED) is 0.880. The van der Waals surface area contributed by atoms with Crippen molar-refractivity contribution in [3.63, 3.8) is 0 Å². The van der Waals surface area contributed by atoms with Gasteiger partial charge < -0.3 is 11.1 Å². The lowest BCUT2D eigenvalue weighted by molar-refractivity contribution is -0.128. The van der Waals surface area contributed by atoms with E-state index in [-0.39, 0.29) is 11.7 Å². The van der Waals surface area contributed by atoms with Crippen LogP contribution in [0.2, 0.25) is 0 Å². The molecule has 1 aliphatic carbocycles. The molecule has 19 heavy (non-hydrogen) atoms. The highest BCUT2D eigenvalue weighted by Crippen LogP contribution is 2.30. The van der Waals surface area contributed by atoms with Crippen molar-refractivity contribution < 1.29 is 9.18 Å². The highest BCUT2D eigenvalue weighted by molar-refractivity contribution is 5.86. The predicted octanol–water partition coefficient (Wildman–Crippen LogP) is 2.35. The number of nitrogens with one attached hydrogen (secondary N) is 1. The van der Waals surface area contributed by atoms with E-state index in [1.54, 1.807) is 12.1 Å². The predicted molar refractivity (Wildman–Crippen MR) is 72.8 cm³/mol. The number of benzene rings is 1. The summed E-state index contributed by atoms with van der Waals surface area (Å²) in [4.78, 5) is 12.2. The molecule has 3 N–H and O–H groups in total. The first-order valence-corrected chi connectivity index (χ1v) is 6.81. The number of nitrogens with two attached hydrogens (primary N) is 1. The van der Waals surface area contributed by atoms with E-state index in [0.29, 0.717) is 12.5 Å². The minimum atomic E-state index is -0.759. The molecule has 0 radical (unpaired) electrons. The molecular weight excluding hydrogens is 243 g/mol. The zero-order valence-electron chi connectivity index (χ0n) is 11.3. The van der Waals surface area contributed by atoms with Crippen LogP contribution in [-0.2, 0) is 11.3 Å². The minimum Gasteiger partial charge on any atom is -0.350 e. The van der Waals surface area contributed by atoms with Gasteiger partial charge in [-0.15, -0.1) is 0 Å². The van der Waals surface area contributed by atoms with Crippen molar-refractivity contribution in [2.45, 2.75) is 44.7 Å². The second-order valence-corrected chi connectivity index (χ2v) is 5.67. The van der Waals surface area contributed by atoms with Crippen molar-refractivity contribution >= 4 is 5.91 Å². The average molecular weight is 264 g/mol. The fourth-order valence-electron chi connectivity index (χ4n) is 2.80. The van der Waals surface area contributed by atoms with Crippen molar-refractivity contribution in [3.05, 3.63) is 35.6 Å². The van der Waals surface area contributed by atoms with E-state index in [1.165, 1.54) is 12.1 Å². The number of carbonyl (C=O) groups is 1. The lowest BCUT2D eigenvalue weighted by atomic mass is 9.76. The SMILES string of the molecule is CC1CCCC(N)(C(=O)NCc2cccc(F)c2)C1. The molecule has 4 heteroatoms. The standard InChI is InChI=1S/C15H21FN2O/c1-11-4-3-7-15(17,9-11)14(19)18-10-12-5-2-6-13(16)8-12/h2,5-6,8,11H,3-4,7,9-10,17H2,1H3,(H,18,19). The van der Waals surface area contributed by atoms with Crippen LogP contribution in [0, 0.1) is 11.7 Å². The van der Waals surface area contributed by atoms with E-state index in [2.05, 4.69) is 12.2 Å². The van der Waals surface area contributed by atoms with Crippen molar-refractivity contribution in [1.82, 2.24) is 5.32 Å². The summed E-state index contributed by atoms with van der Waals surface area (Å²) < 4.78 is 13.0. The Kier molecular flexibility index (Phi) is 4.20. The summed E-state index contributed by atoms with van der Waals surface area (Å²) in [7, 11) is 0. The largest absolute Gasteiger partial charge is 0.350 e. The summed E-state index contributed by atoms with van der Waals surface area (Å²) >= 11 is 0. The lowest BCUT2D eigenvalue weighted by Crippen LogP contribution is -2.56. The van der Waals surface area contributed by atoms with Gasteiger partial charge in [0.15, 0.2) is 0 Å². The maximum absolute atomic E-state index is 13.0. The van der Waals surface area contributed by atoms with Crippen molar-refractivity contribution in [1.29, 1.82) is 0 Å². The van der Waals surface area contributed by atoms with E-state index in [0.717, 1.165) is 31.2 Å². The van der Waals surface area contributed by atoms with Crippen LogP contribution < -0.4 is 11.1 Å². The van der Waals surface area contributed by atoms with Gasteiger partial charge in [-0.05, 0) is 36.5 Å². The molecule has 0 aromatic heterocycles. The van der Waals surface area contributed by atoms with E-state index in [4.69, 9.17) is 5.73 Å². The summed E-state index contributed by atoms with van der Waals surface area (Å²) in [6.07, 6.45) is 3.58. The molecule has 1 saturated carbocycles. The van der Waals surface area contributed by atoms with Gasteiger partial charge in [0.2, 0.25) is 5.91 Å². The molecule has 1 aromatic carbocycles. The number of rotatable bonds is 3. The fourth-order valence-corrected chi connectivity index (χ4v) is 2.80. The Morgan fingerprint density at radius 2 is 2.37 bits per heavy atom. The molecule has 0 aliphatic heterocycles. The summed E-state index contributed by atoms with van der Waals surface area (Å²) in [5, 5.41) is 2.83. The molecule has 0 spiro atoms. The van der Waals surface area contributed by atoms with Crippen molar-refractivity contribution in [2.24, 2.45) is 11.7 Å². The highest BCUT2D eigenvalue weighted by Gasteiger charge is 2.37. The molecule has 2 unspecified atom stereocenters. The maximum Gasteiger partial charge on any atom is 0.240 e.